The fourth-order valence-corrected chi connectivity index (χ4v) is 2.04. The topological polar surface area (TPSA) is 58.6 Å². The molecule has 92 valence electrons. The van der Waals surface area contributed by atoms with Crippen molar-refractivity contribution in [3.05, 3.63) is 29.3 Å². The van der Waals surface area contributed by atoms with Crippen molar-refractivity contribution in [1.82, 2.24) is 5.32 Å². The molecular formula is C12H14ClNO3. The van der Waals surface area contributed by atoms with Gasteiger partial charge in [-0.25, -0.2) is 4.79 Å². The second-order valence-electron chi connectivity index (χ2n) is 4.11. The zero-order chi connectivity index (χ0) is 12.3. The van der Waals surface area contributed by atoms with Gasteiger partial charge in [0.1, 0.15) is 5.75 Å². The number of ether oxygens (including phenoxy) is 1. The minimum atomic E-state index is -1.11. The largest absolute Gasteiger partial charge is 0.478 e. The minimum absolute atomic E-state index is 0.463. The molecular weight excluding hydrogens is 242 g/mol. The quantitative estimate of drug-likeness (QED) is 0.867. The fourth-order valence-electron chi connectivity index (χ4n) is 1.92. The third kappa shape index (κ3) is 2.70. The summed E-state index contributed by atoms with van der Waals surface area (Å²) in [4.78, 5) is 11.4. The van der Waals surface area contributed by atoms with Crippen molar-refractivity contribution < 1.29 is 14.6 Å². The van der Waals surface area contributed by atoms with Gasteiger partial charge in [-0.1, -0.05) is 11.6 Å². The Morgan fingerprint density at radius 3 is 2.41 bits per heavy atom. The third-order valence-electron chi connectivity index (χ3n) is 2.93. The van der Waals surface area contributed by atoms with Gasteiger partial charge in [0.2, 0.25) is 5.60 Å². The van der Waals surface area contributed by atoms with E-state index < -0.39 is 11.6 Å². The van der Waals surface area contributed by atoms with Crippen LogP contribution in [-0.4, -0.2) is 29.8 Å². The minimum Gasteiger partial charge on any atom is -0.478 e. The predicted octanol–water partition coefficient (Wildman–Crippen LogP) is 1.93. The number of carboxylic acid groups (broad SMARTS) is 1. The van der Waals surface area contributed by atoms with Gasteiger partial charge >= 0.3 is 5.97 Å². The van der Waals surface area contributed by atoms with E-state index in [1.807, 2.05) is 0 Å². The molecule has 2 rings (SSSR count). The Labute approximate surface area is 105 Å². The molecule has 1 fully saturated rings. The summed E-state index contributed by atoms with van der Waals surface area (Å²) in [7, 11) is 0. The van der Waals surface area contributed by atoms with Crippen LogP contribution >= 0.6 is 11.6 Å². The Kier molecular flexibility index (Phi) is 3.54. The molecule has 0 spiro atoms. The molecule has 0 saturated carbocycles. The normalized spacial score (nSPS) is 18.6. The summed E-state index contributed by atoms with van der Waals surface area (Å²) in [5, 5.41) is 13.1. The van der Waals surface area contributed by atoms with Crippen LogP contribution < -0.4 is 10.1 Å². The Morgan fingerprint density at radius 2 is 1.88 bits per heavy atom. The van der Waals surface area contributed by atoms with Crippen molar-refractivity contribution in [2.24, 2.45) is 0 Å². The van der Waals surface area contributed by atoms with Crippen molar-refractivity contribution in [2.75, 3.05) is 13.1 Å². The maximum absolute atomic E-state index is 11.4. The molecule has 1 aliphatic rings. The third-order valence-corrected chi connectivity index (χ3v) is 3.18. The van der Waals surface area contributed by atoms with Crippen LogP contribution in [0.1, 0.15) is 12.8 Å². The first-order valence-corrected chi connectivity index (χ1v) is 5.89. The predicted molar refractivity (Wildman–Crippen MR) is 64.6 cm³/mol. The zero-order valence-electron chi connectivity index (χ0n) is 9.28. The van der Waals surface area contributed by atoms with Crippen LogP contribution in [0.15, 0.2) is 24.3 Å². The molecule has 4 nitrogen and oxygen atoms in total. The molecule has 17 heavy (non-hydrogen) atoms. The van der Waals surface area contributed by atoms with Gasteiger partial charge in [-0.05, 0) is 37.4 Å². The molecule has 5 heteroatoms. The van der Waals surface area contributed by atoms with E-state index in [0.717, 1.165) is 0 Å². The number of aliphatic carboxylic acids is 1. The number of hydrogen-bond donors (Lipinski definition) is 2. The molecule has 0 atom stereocenters. The number of carboxylic acids is 1. The summed E-state index contributed by atoms with van der Waals surface area (Å²) < 4.78 is 5.66. The SMILES string of the molecule is O=C(O)C1(Oc2ccc(Cl)cc2)CCNCC1. The molecule has 1 aromatic carbocycles. The first-order chi connectivity index (χ1) is 8.12. The number of hydrogen-bond acceptors (Lipinski definition) is 3. The van der Waals surface area contributed by atoms with E-state index in [2.05, 4.69) is 5.32 Å². The molecule has 1 aromatic rings. The van der Waals surface area contributed by atoms with Crippen LogP contribution in [0.5, 0.6) is 5.75 Å². The Hall–Kier alpha value is -1.26. The Balaban J connectivity index is 2.17. The lowest BCUT2D eigenvalue weighted by Crippen LogP contribution is -2.52. The molecule has 0 aliphatic carbocycles. The van der Waals surface area contributed by atoms with Crippen molar-refractivity contribution in [2.45, 2.75) is 18.4 Å². The van der Waals surface area contributed by atoms with Crippen LogP contribution in [-0.2, 0) is 4.79 Å². The summed E-state index contributed by atoms with van der Waals surface area (Å²) in [5.74, 6) is -0.368. The lowest BCUT2D eigenvalue weighted by molar-refractivity contribution is -0.157. The monoisotopic (exact) mass is 255 g/mol. The number of carbonyl (C=O) groups is 1. The fraction of sp³-hybridized carbons (Fsp3) is 0.417. The summed E-state index contributed by atoms with van der Waals surface area (Å²) in [6.45, 7) is 1.31. The van der Waals surface area contributed by atoms with Crippen molar-refractivity contribution in [3.8, 4) is 5.75 Å². The molecule has 1 saturated heterocycles. The first-order valence-electron chi connectivity index (χ1n) is 5.51. The van der Waals surface area contributed by atoms with E-state index in [9.17, 15) is 9.90 Å². The van der Waals surface area contributed by atoms with Gasteiger partial charge in [0.25, 0.3) is 0 Å². The van der Waals surface area contributed by atoms with Crippen LogP contribution in [0.25, 0.3) is 0 Å². The lowest BCUT2D eigenvalue weighted by Gasteiger charge is -2.34. The second-order valence-corrected chi connectivity index (χ2v) is 4.54. The van der Waals surface area contributed by atoms with Gasteiger partial charge in [-0.15, -0.1) is 0 Å². The summed E-state index contributed by atoms with van der Waals surface area (Å²) >= 11 is 5.77. The maximum Gasteiger partial charge on any atom is 0.348 e. The Bertz CT molecular complexity index is 399. The molecule has 0 unspecified atom stereocenters. The van der Waals surface area contributed by atoms with E-state index in [-0.39, 0.29) is 0 Å². The molecule has 0 bridgehead atoms. The van der Waals surface area contributed by atoms with Gasteiger partial charge < -0.3 is 15.2 Å². The highest BCUT2D eigenvalue weighted by molar-refractivity contribution is 6.30. The van der Waals surface area contributed by atoms with Crippen molar-refractivity contribution in [3.63, 3.8) is 0 Å². The zero-order valence-corrected chi connectivity index (χ0v) is 10.0. The van der Waals surface area contributed by atoms with Crippen molar-refractivity contribution >= 4 is 17.6 Å². The molecule has 1 aliphatic heterocycles. The average Bonchev–Trinajstić information content (AvgIpc) is 2.33. The highest BCUT2D eigenvalue weighted by Crippen LogP contribution is 2.27. The number of piperidine rings is 1. The summed E-state index contributed by atoms with van der Waals surface area (Å²) in [6, 6.07) is 6.76. The van der Waals surface area contributed by atoms with Gasteiger partial charge in [0, 0.05) is 17.9 Å². The number of rotatable bonds is 3. The molecule has 2 N–H and O–H groups in total. The van der Waals surface area contributed by atoms with Gasteiger partial charge in [0.15, 0.2) is 0 Å². The number of nitrogens with one attached hydrogen (secondary N) is 1. The highest BCUT2D eigenvalue weighted by atomic mass is 35.5. The first kappa shape index (κ1) is 12.2. The molecule has 1 heterocycles. The van der Waals surface area contributed by atoms with Gasteiger partial charge in [-0.3, -0.25) is 0 Å². The van der Waals surface area contributed by atoms with E-state index >= 15 is 0 Å². The van der Waals surface area contributed by atoms with Gasteiger partial charge in [0.05, 0.1) is 0 Å². The van der Waals surface area contributed by atoms with E-state index in [1.54, 1.807) is 24.3 Å². The molecule has 0 amide bonds. The molecule has 0 aromatic heterocycles. The standard InChI is InChI=1S/C12H14ClNO3/c13-9-1-3-10(4-2-9)17-12(11(15)16)5-7-14-8-6-12/h1-4,14H,5-8H2,(H,15,16). The van der Waals surface area contributed by atoms with Crippen LogP contribution in [0, 0.1) is 0 Å². The van der Waals surface area contributed by atoms with E-state index in [4.69, 9.17) is 16.3 Å². The second kappa shape index (κ2) is 4.94. The average molecular weight is 256 g/mol. The summed E-state index contributed by atoms with van der Waals surface area (Å²) in [6.07, 6.45) is 0.927. The van der Waals surface area contributed by atoms with E-state index in [0.29, 0.717) is 36.7 Å². The number of halogens is 1. The highest BCUT2D eigenvalue weighted by Gasteiger charge is 2.42. The molecule has 0 radical (unpaired) electrons. The number of benzene rings is 1. The Morgan fingerprint density at radius 1 is 1.29 bits per heavy atom. The van der Waals surface area contributed by atoms with Crippen LogP contribution in [0.2, 0.25) is 5.02 Å². The van der Waals surface area contributed by atoms with Crippen LogP contribution in [0.3, 0.4) is 0 Å². The smallest absolute Gasteiger partial charge is 0.348 e. The summed E-state index contributed by atoms with van der Waals surface area (Å²) in [5.41, 5.74) is -1.11. The van der Waals surface area contributed by atoms with E-state index in [1.165, 1.54) is 0 Å². The van der Waals surface area contributed by atoms with Crippen molar-refractivity contribution in [1.29, 1.82) is 0 Å². The lowest BCUT2D eigenvalue weighted by atomic mass is 9.92. The maximum atomic E-state index is 11.4. The van der Waals surface area contributed by atoms with Crippen LogP contribution in [0.4, 0.5) is 0 Å². The van der Waals surface area contributed by atoms with Gasteiger partial charge in [-0.2, -0.15) is 0 Å².